The fourth-order valence-electron chi connectivity index (χ4n) is 2.54. The van der Waals surface area contributed by atoms with Crippen molar-refractivity contribution in [2.24, 2.45) is 0 Å². The number of carbonyl (C=O) groups is 2. The fourth-order valence-corrected chi connectivity index (χ4v) is 2.54. The number of benzene rings is 2. The highest BCUT2D eigenvalue weighted by molar-refractivity contribution is 5.95. The summed E-state index contributed by atoms with van der Waals surface area (Å²) in [5.74, 6) is 2.43. The van der Waals surface area contributed by atoms with E-state index >= 15 is 0 Å². The number of halogens is 3. The Hall–Kier alpha value is -3.87. The second-order valence-electron chi connectivity index (χ2n) is 5.85. The highest BCUT2D eigenvalue weighted by Crippen LogP contribution is 2.31. The number of rotatable bonds is 6. The van der Waals surface area contributed by atoms with Crippen LogP contribution in [0.15, 0.2) is 42.5 Å². The zero-order valence-corrected chi connectivity index (χ0v) is 14.8. The van der Waals surface area contributed by atoms with Crippen LogP contribution < -0.4 is 15.5 Å². The summed E-state index contributed by atoms with van der Waals surface area (Å²) in [6, 6.07) is 8.80. The van der Waals surface area contributed by atoms with Gasteiger partial charge in [0.2, 0.25) is 0 Å². The van der Waals surface area contributed by atoms with Gasteiger partial charge in [-0.3, -0.25) is 10.6 Å². The average Bonchev–Trinajstić information content (AvgIpc) is 2.62. The maximum Gasteiger partial charge on any atom is 0.416 e. The molecule has 0 aliphatic heterocycles. The molecule has 2 aromatic rings. The molecule has 0 bridgehead atoms. The first kappa shape index (κ1) is 21.4. The summed E-state index contributed by atoms with van der Waals surface area (Å²) >= 11 is 0. The van der Waals surface area contributed by atoms with E-state index in [-0.39, 0.29) is 24.5 Å². The van der Waals surface area contributed by atoms with Gasteiger partial charge in [0.15, 0.2) is 0 Å². The molecule has 10 heteroatoms. The van der Waals surface area contributed by atoms with Crippen molar-refractivity contribution in [3.8, 4) is 12.3 Å². The molecule has 0 aliphatic rings. The molecule has 2 aromatic carbocycles. The zero-order chi connectivity index (χ0) is 21.6. The van der Waals surface area contributed by atoms with Crippen LogP contribution in [0, 0.1) is 12.3 Å². The molecule has 0 heterocycles. The van der Waals surface area contributed by atoms with Crippen LogP contribution in [0.5, 0.6) is 0 Å². The van der Waals surface area contributed by atoms with Gasteiger partial charge in [-0.25, -0.2) is 9.59 Å². The normalized spacial score (nSPS) is 10.7. The monoisotopic (exact) mass is 407 g/mol. The van der Waals surface area contributed by atoms with E-state index < -0.39 is 23.9 Å². The molecule has 0 atom stereocenters. The molecule has 0 fully saturated rings. The number of hydrogen-bond donors (Lipinski definition) is 4. The van der Waals surface area contributed by atoms with Crippen LogP contribution >= 0.6 is 0 Å². The van der Waals surface area contributed by atoms with Crippen molar-refractivity contribution >= 4 is 29.2 Å². The third-order valence-corrected chi connectivity index (χ3v) is 3.79. The smallest absolute Gasteiger partial charge is 0.416 e. The molecule has 4 N–H and O–H groups in total. The Morgan fingerprint density at radius 2 is 1.59 bits per heavy atom. The lowest BCUT2D eigenvalue weighted by Crippen LogP contribution is -2.23. The number of nitrogens with zero attached hydrogens (tertiary/aromatic N) is 1. The molecule has 0 saturated heterocycles. The molecule has 0 aliphatic carbocycles. The Kier molecular flexibility index (Phi) is 6.56. The molecule has 0 spiro atoms. The first-order chi connectivity index (χ1) is 13.6. The lowest BCUT2D eigenvalue weighted by molar-refractivity contribution is -0.137. The first-order valence-corrected chi connectivity index (χ1v) is 8.08. The molecule has 0 saturated carbocycles. The topological polar surface area (TPSA) is 102 Å². The van der Waals surface area contributed by atoms with E-state index in [1.165, 1.54) is 30.3 Å². The number of carboxylic acid groups (broad SMARTS) is 2. The lowest BCUT2D eigenvalue weighted by Gasteiger charge is -2.24. The number of anilines is 3. The minimum atomic E-state index is -4.44. The third-order valence-electron chi connectivity index (χ3n) is 3.79. The van der Waals surface area contributed by atoms with Gasteiger partial charge in [0.25, 0.3) is 0 Å². The van der Waals surface area contributed by atoms with Gasteiger partial charge in [0.05, 0.1) is 23.5 Å². The van der Waals surface area contributed by atoms with Crippen LogP contribution in [-0.4, -0.2) is 28.9 Å². The van der Waals surface area contributed by atoms with Crippen molar-refractivity contribution in [1.29, 1.82) is 0 Å². The largest absolute Gasteiger partial charge is 0.465 e. The molecule has 152 valence electrons. The minimum Gasteiger partial charge on any atom is -0.465 e. The summed E-state index contributed by atoms with van der Waals surface area (Å²) < 4.78 is 38.1. The van der Waals surface area contributed by atoms with Gasteiger partial charge in [-0.1, -0.05) is 18.1 Å². The highest BCUT2D eigenvalue weighted by Gasteiger charge is 2.30. The number of alkyl halides is 3. The van der Waals surface area contributed by atoms with Gasteiger partial charge in [-0.2, -0.15) is 13.2 Å². The molecule has 2 amide bonds. The van der Waals surface area contributed by atoms with Crippen molar-refractivity contribution in [3.63, 3.8) is 0 Å². The molecule has 0 radical (unpaired) electrons. The average molecular weight is 407 g/mol. The molecule has 7 nitrogen and oxygen atoms in total. The van der Waals surface area contributed by atoms with Crippen molar-refractivity contribution in [1.82, 2.24) is 0 Å². The van der Waals surface area contributed by atoms with Crippen molar-refractivity contribution in [2.75, 3.05) is 22.1 Å². The second kappa shape index (κ2) is 8.88. The van der Waals surface area contributed by atoms with Crippen molar-refractivity contribution < 1.29 is 33.0 Å². The second-order valence-corrected chi connectivity index (χ2v) is 5.85. The lowest BCUT2D eigenvalue weighted by atomic mass is 10.1. The SMILES string of the molecule is C#CCN(Cc1ccc(C(F)(F)F)cc1)c1ccc(NC(=O)O)c(NC(=O)O)c1. The number of terminal acetylenes is 1. The van der Waals surface area contributed by atoms with Crippen LogP contribution in [0.1, 0.15) is 11.1 Å². The summed E-state index contributed by atoms with van der Waals surface area (Å²) in [6.45, 7) is 0.236. The fraction of sp³-hybridized carbons (Fsp3) is 0.158. The summed E-state index contributed by atoms with van der Waals surface area (Å²) in [7, 11) is 0. The first-order valence-electron chi connectivity index (χ1n) is 8.08. The quantitative estimate of drug-likeness (QED) is 0.527. The predicted molar refractivity (Wildman–Crippen MR) is 101 cm³/mol. The van der Waals surface area contributed by atoms with E-state index in [9.17, 15) is 22.8 Å². The van der Waals surface area contributed by atoms with Crippen LogP contribution in [0.2, 0.25) is 0 Å². The summed E-state index contributed by atoms with van der Waals surface area (Å²) in [5, 5.41) is 22.0. The van der Waals surface area contributed by atoms with Gasteiger partial charge in [-0.05, 0) is 35.9 Å². The molecular weight excluding hydrogens is 391 g/mol. The Labute approximate surface area is 163 Å². The number of nitrogens with one attached hydrogen (secondary N) is 2. The Balaban J connectivity index is 2.33. The van der Waals surface area contributed by atoms with Crippen molar-refractivity contribution in [3.05, 3.63) is 53.6 Å². The summed E-state index contributed by atoms with van der Waals surface area (Å²) in [5.41, 5.74) is 0.212. The van der Waals surface area contributed by atoms with Gasteiger partial charge in [-0.15, -0.1) is 6.42 Å². The molecule has 0 unspecified atom stereocenters. The van der Waals surface area contributed by atoms with E-state index in [1.807, 2.05) is 0 Å². The van der Waals surface area contributed by atoms with Gasteiger partial charge < -0.3 is 15.1 Å². The highest BCUT2D eigenvalue weighted by atomic mass is 19.4. The standard InChI is InChI=1S/C19H16F3N3O4/c1-2-9-25(11-12-3-5-13(6-4-12)19(20,21)22)14-7-8-15(23-17(26)27)16(10-14)24-18(28)29/h1,3-8,10,23-24H,9,11H2,(H,26,27)(H,28,29). The molecule has 2 rings (SSSR count). The van der Waals surface area contributed by atoms with Gasteiger partial charge >= 0.3 is 18.4 Å². The van der Waals surface area contributed by atoms with Crippen molar-refractivity contribution in [2.45, 2.75) is 12.7 Å². The predicted octanol–water partition coefficient (Wildman–Crippen LogP) is 4.53. The van der Waals surface area contributed by atoms with E-state index in [4.69, 9.17) is 16.6 Å². The minimum absolute atomic E-state index is 0.0128. The van der Waals surface area contributed by atoms with E-state index in [0.717, 1.165) is 12.1 Å². The number of hydrogen-bond acceptors (Lipinski definition) is 3. The maximum atomic E-state index is 12.7. The van der Waals surface area contributed by atoms with E-state index in [1.54, 1.807) is 4.90 Å². The van der Waals surface area contributed by atoms with E-state index in [2.05, 4.69) is 16.6 Å². The van der Waals surface area contributed by atoms with Crippen LogP contribution in [0.4, 0.5) is 39.8 Å². The van der Waals surface area contributed by atoms with Gasteiger partial charge in [0, 0.05) is 12.2 Å². The molecule has 0 aromatic heterocycles. The van der Waals surface area contributed by atoms with E-state index in [0.29, 0.717) is 11.3 Å². The third kappa shape index (κ3) is 6.07. The molecular formula is C19H16F3N3O4. The maximum absolute atomic E-state index is 12.7. The summed E-state index contributed by atoms with van der Waals surface area (Å²) in [4.78, 5) is 23.5. The van der Waals surface area contributed by atoms with Gasteiger partial charge in [0.1, 0.15) is 0 Å². The van der Waals surface area contributed by atoms with Crippen LogP contribution in [0.3, 0.4) is 0 Å². The Morgan fingerprint density at radius 1 is 1.00 bits per heavy atom. The summed E-state index contributed by atoms with van der Waals surface area (Å²) in [6.07, 6.45) is -1.85. The number of amides is 2. The molecule has 29 heavy (non-hydrogen) atoms. The van der Waals surface area contributed by atoms with Crippen LogP contribution in [0.25, 0.3) is 0 Å². The Bertz CT molecular complexity index is 937. The zero-order valence-electron chi connectivity index (χ0n) is 14.8. The van der Waals surface area contributed by atoms with Crippen LogP contribution in [-0.2, 0) is 12.7 Å². The Morgan fingerprint density at radius 3 is 2.10 bits per heavy atom.